The van der Waals surface area contributed by atoms with Gasteiger partial charge in [0, 0.05) is 55.6 Å². The molecule has 1 aliphatic heterocycles. The van der Waals surface area contributed by atoms with Gasteiger partial charge in [-0.05, 0) is 36.2 Å². The normalized spacial score (nSPS) is 15.7. The Labute approximate surface area is 178 Å². The number of anilines is 1. The zero-order valence-corrected chi connectivity index (χ0v) is 18.4. The number of hydrogen-bond donors (Lipinski definition) is 1. The lowest BCUT2D eigenvalue weighted by molar-refractivity contribution is 0.249. The number of aryl methyl sites for hydroxylation is 1. The first-order valence-corrected chi connectivity index (χ1v) is 10.8. The molecule has 3 aromatic rings. The van der Waals surface area contributed by atoms with E-state index in [-0.39, 0.29) is 11.0 Å². The van der Waals surface area contributed by atoms with Gasteiger partial charge in [-0.15, -0.1) is 0 Å². The topological polar surface area (TPSA) is 65.1 Å². The fraction of sp³-hybridized carbons (Fsp3) is 0.458. The number of rotatable bonds is 4. The van der Waals surface area contributed by atoms with Crippen LogP contribution in [0.15, 0.2) is 41.5 Å². The van der Waals surface area contributed by atoms with Gasteiger partial charge in [0.05, 0.1) is 22.9 Å². The lowest BCUT2D eigenvalue weighted by atomic mass is 9.92. The summed E-state index contributed by atoms with van der Waals surface area (Å²) in [6, 6.07) is 8.30. The first-order valence-electron chi connectivity index (χ1n) is 10.8. The van der Waals surface area contributed by atoms with Gasteiger partial charge in [0.25, 0.3) is 5.56 Å². The minimum Gasteiger partial charge on any atom is -0.368 e. The molecule has 6 nitrogen and oxygen atoms in total. The molecule has 0 aliphatic carbocycles. The molecule has 4 heterocycles. The third-order valence-corrected chi connectivity index (χ3v) is 5.87. The van der Waals surface area contributed by atoms with Gasteiger partial charge in [0.2, 0.25) is 0 Å². The molecule has 0 atom stereocenters. The van der Waals surface area contributed by atoms with E-state index in [1.165, 1.54) is 5.69 Å². The van der Waals surface area contributed by atoms with Crippen LogP contribution in [-0.2, 0) is 18.4 Å². The van der Waals surface area contributed by atoms with Crippen molar-refractivity contribution in [1.29, 1.82) is 0 Å². The molecule has 1 saturated heterocycles. The van der Waals surface area contributed by atoms with Crippen molar-refractivity contribution in [1.82, 2.24) is 19.9 Å². The van der Waals surface area contributed by atoms with E-state index in [2.05, 4.69) is 63.7 Å². The van der Waals surface area contributed by atoms with E-state index in [0.717, 1.165) is 60.6 Å². The Bertz CT molecular complexity index is 1070. The molecule has 0 unspecified atom stereocenters. The van der Waals surface area contributed by atoms with Gasteiger partial charge in [-0.2, -0.15) is 0 Å². The highest BCUT2D eigenvalue weighted by Gasteiger charge is 2.20. The molecule has 0 amide bonds. The zero-order chi connectivity index (χ0) is 21.3. The minimum atomic E-state index is -0.0105. The Morgan fingerprint density at radius 3 is 2.43 bits per heavy atom. The van der Waals surface area contributed by atoms with E-state index in [4.69, 9.17) is 0 Å². The molecule has 0 saturated carbocycles. The highest BCUT2D eigenvalue weighted by molar-refractivity contribution is 5.74. The van der Waals surface area contributed by atoms with Crippen molar-refractivity contribution in [3.05, 3.63) is 63.8 Å². The van der Waals surface area contributed by atoms with E-state index >= 15 is 0 Å². The number of hydrogen-bond acceptors (Lipinski definition) is 5. The predicted octanol–water partition coefficient (Wildman–Crippen LogP) is 3.50. The standard InChI is InChI=1S/C24H31N5O/c1-5-18-13-20-21(27-23(18)30)12-17(14-25-20)16-28-8-10-29(11-9-28)19-6-7-22(26-15-19)24(2,3)4/h6-7,12-15H,5,8-11,16H2,1-4H3,(H,27,30). The monoisotopic (exact) mass is 405 g/mol. The summed E-state index contributed by atoms with van der Waals surface area (Å²) in [5.74, 6) is 0. The molecule has 6 heteroatoms. The van der Waals surface area contributed by atoms with Crippen LogP contribution in [0.25, 0.3) is 11.0 Å². The summed E-state index contributed by atoms with van der Waals surface area (Å²) in [5, 5.41) is 0. The first kappa shape index (κ1) is 20.5. The molecular formula is C24H31N5O. The number of nitrogens with zero attached hydrogens (tertiary/aromatic N) is 4. The lowest BCUT2D eigenvalue weighted by Gasteiger charge is -2.36. The highest BCUT2D eigenvalue weighted by Crippen LogP contribution is 2.23. The van der Waals surface area contributed by atoms with Gasteiger partial charge in [0.15, 0.2) is 0 Å². The quantitative estimate of drug-likeness (QED) is 0.720. The summed E-state index contributed by atoms with van der Waals surface area (Å²) in [5.41, 5.74) is 5.97. The third-order valence-electron chi connectivity index (χ3n) is 5.87. The third kappa shape index (κ3) is 4.38. The maximum atomic E-state index is 12.1. The van der Waals surface area contributed by atoms with Gasteiger partial charge >= 0.3 is 0 Å². The number of piperazine rings is 1. The maximum Gasteiger partial charge on any atom is 0.251 e. The number of H-pyrrole nitrogens is 1. The van der Waals surface area contributed by atoms with Crippen molar-refractivity contribution in [2.24, 2.45) is 0 Å². The largest absolute Gasteiger partial charge is 0.368 e. The van der Waals surface area contributed by atoms with Gasteiger partial charge in [-0.3, -0.25) is 19.7 Å². The fourth-order valence-electron chi connectivity index (χ4n) is 3.96. The number of nitrogens with one attached hydrogen (secondary N) is 1. The lowest BCUT2D eigenvalue weighted by Crippen LogP contribution is -2.46. The molecule has 0 radical (unpaired) electrons. The average Bonchev–Trinajstić information content (AvgIpc) is 2.73. The molecule has 0 spiro atoms. The van der Waals surface area contributed by atoms with E-state index < -0.39 is 0 Å². The van der Waals surface area contributed by atoms with Crippen molar-refractivity contribution in [2.75, 3.05) is 31.1 Å². The highest BCUT2D eigenvalue weighted by atomic mass is 16.1. The van der Waals surface area contributed by atoms with Gasteiger partial charge in [-0.1, -0.05) is 27.7 Å². The Balaban J connectivity index is 1.39. The molecule has 1 N–H and O–H groups in total. The molecule has 0 aromatic carbocycles. The fourth-order valence-corrected chi connectivity index (χ4v) is 3.96. The number of aromatic nitrogens is 3. The number of pyridine rings is 3. The molecule has 1 fully saturated rings. The van der Waals surface area contributed by atoms with Crippen LogP contribution in [0.5, 0.6) is 0 Å². The van der Waals surface area contributed by atoms with Gasteiger partial charge in [0.1, 0.15) is 0 Å². The van der Waals surface area contributed by atoms with E-state index in [0.29, 0.717) is 6.42 Å². The van der Waals surface area contributed by atoms with Gasteiger partial charge < -0.3 is 9.88 Å². The average molecular weight is 406 g/mol. The zero-order valence-electron chi connectivity index (χ0n) is 18.4. The summed E-state index contributed by atoms with van der Waals surface area (Å²) >= 11 is 0. The molecular weight excluding hydrogens is 374 g/mol. The SMILES string of the molecule is CCc1cc2ncc(CN3CCN(c4ccc(C(C)(C)C)nc4)CC3)cc2[nH]c1=O. The second-order valence-corrected chi connectivity index (χ2v) is 9.17. The van der Waals surface area contributed by atoms with Crippen LogP contribution < -0.4 is 10.5 Å². The second kappa shape index (κ2) is 8.19. The maximum absolute atomic E-state index is 12.1. The molecule has 0 bridgehead atoms. The van der Waals surface area contributed by atoms with Crippen molar-refractivity contribution >= 4 is 16.7 Å². The minimum absolute atomic E-state index is 0.0105. The van der Waals surface area contributed by atoms with E-state index in [9.17, 15) is 4.79 Å². The van der Waals surface area contributed by atoms with Crippen molar-refractivity contribution < 1.29 is 0 Å². The second-order valence-electron chi connectivity index (χ2n) is 9.17. The summed E-state index contributed by atoms with van der Waals surface area (Å²) < 4.78 is 0. The van der Waals surface area contributed by atoms with Crippen LogP contribution in [-0.4, -0.2) is 46.0 Å². The molecule has 3 aromatic heterocycles. The Hall–Kier alpha value is -2.73. The van der Waals surface area contributed by atoms with Crippen molar-refractivity contribution in [2.45, 2.75) is 46.1 Å². The first-order chi connectivity index (χ1) is 14.3. The predicted molar refractivity (Wildman–Crippen MR) is 122 cm³/mol. The Morgan fingerprint density at radius 2 is 1.80 bits per heavy atom. The molecule has 30 heavy (non-hydrogen) atoms. The van der Waals surface area contributed by atoms with Crippen LogP contribution in [0.4, 0.5) is 5.69 Å². The van der Waals surface area contributed by atoms with Crippen LogP contribution in [0.3, 0.4) is 0 Å². The van der Waals surface area contributed by atoms with Crippen molar-refractivity contribution in [3.63, 3.8) is 0 Å². The summed E-state index contributed by atoms with van der Waals surface area (Å²) in [7, 11) is 0. The Kier molecular flexibility index (Phi) is 5.60. The molecule has 1 aliphatic rings. The number of aromatic amines is 1. The van der Waals surface area contributed by atoms with E-state index in [1.54, 1.807) is 0 Å². The summed E-state index contributed by atoms with van der Waals surface area (Å²) in [6.07, 6.45) is 4.65. The summed E-state index contributed by atoms with van der Waals surface area (Å²) in [6.45, 7) is 13.3. The smallest absolute Gasteiger partial charge is 0.251 e. The van der Waals surface area contributed by atoms with Crippen LogP contribution >= 0.6 is 0 Å². The van der Waals surface area contributed by atoms with Gasteiger partial charge in [-0.25, -0.2) is 0 Å². The van der Waals surface area contributed by atoms with Crippen LogP contribution in [0.1, 0.15) is 44.5 Å². The molecule has 158 valence electrons. The van der Waals surface area contributed by atoms with E-state index in [1.807, 2.05) is 25.4 Å². The molecule has 4 rings (SSSR count). The van der Waals surface area contributed by atoms with Crippen molar-refractivity contribution in [3.8, 4) is 0 Å². The summed E-state index contributed by atoms with van der Waals surface area (Å²) in [4.78, 5) is 29.2. The Morgan fingerprint density at radius 1 is 1.03 bits per heavy atom. The van der Waals surface area contributed by atoms with Crippen LogP contribution in [0.2, 0.25) is 0 Å². The number of fused-ring (bicyclic) bond motifs is 1. The van der Waals surface area contributed by atoms with Crippen LogP contribution in [0, 0.1) is 0 Å².